The first-order valence-corrected chi connectivity index (χ1v) is 5.98. The monoisotopic (exact) mass is 221 g/mol. The van der Waals surface area contributed by atoms with Crippen LogP contribution >= 0.6 is 0 Å². The second-order valence-corrected chi connectivity index (χ2v) is 4.46. The van der Waals surface area contributed by atoms with E-state index in [9.17, 15) is 0 Å². The molecular weight excluding hydrogens is 206 g/mol. The number of allylic oxidation sites excluding steroid dienone is 1. The highest BCUT2D eigenvalue weighted by Crippen LogP contribution is 2.32. The Morgan fingerprint density at radius 1 is 0.824 bits per heavy atom. The molecule has 1 heteroatoms. The second-order valence-electron chi connectivity index (χ2n) is 4.46. The number of anilines is 1. The van der Waals surface area contributed by atoms with E-state index in [4.69, 9.17) is 5.73 Å². The molecule has 0 fully saturated rings. The zero-order valence-electron chi connectivity index (χ0n) is 9.69. The molecular formula is C16H15N. The fourth-order valence-electron chi connectivity index (χ4n) is 2.43. The minimum absolute atomic E-state index is 0.873. The molecule has 2 aromatic carbocycles. The average Bonchev–Trinajstić information content (AvgIpc) is 2.39. The van der Waals surface area contributed by atoms with Crippen LogP contribution in [0, 0.1) is 0 Å². The van der Waals surface area contributed by atoms with Gasteiger partial charge in [-0.25, -0.2) is 0 Å². The maximum absolute atomic E-state index is 6.03. The maximum atomic E-state index is 6.03. The largest absolute Gasteiger partial charge is 0.398 e. The number of nitrogen functional groups attached to an aromatic ring is 1. The molecule has 0 unspecified atom stereocenters. The Bertz CT molecular complexity index is 582. The molecule has 3 rings (SSSR count). The van der Waals surface area contributed by atoms with Crippen molar-refractivity contribution in [3.63, 3.8) is 0 Å². The summed E-state index contributed by atoms with van der Waals surface area (Å²) in [6.45, 7) is 0. The van der Waals surface area contributed by atoms with Gasteiger partial charge in [0, 0.05) is 11.3 Å². The lowest BCUT2D eigenvalue weighted by atomic mass is 9.88. The Balaban J connectivity index is 2.08. The van der Waals surface area contributed by atoms with Crippen LogP contribution in [0.15, 0.2) is 48.5 Å². The van der Waals surface area contributed by atoms with Crippen molar-refractivity contribution in [1.29, 1.82) is 0 Å². The summed E-state index contributed by atoms with van der Waals surface area (Å²) in [5.41, 5.74) is 12.2. The zero-order chi connectivity index (χ0) is 11.7. The molecule has 0 amide bonds. The fourth-order valence-corrected chi connectivity index (χ4v) is 2.43. The third-order valence-corrected chi connectivity index (χ3v) is 3.36. The topological polar surface area (TPSA) is 26.0 Å². The van der Waals surface area contributed by atoms with Gasteiger partial charge in [0.25, 0.3) is 0 Å². The van der Waals surface area contributed by atoms with Crippen molar-refractivity contribution >= 4 is 17.3 Å². The van der Waals surface area contributed by atoms with Gasteiger partial charge in [-0.15, -0.1) is 0 Å². The van der Waals surface area contributed by atoms with E-state index >= 15 is 0 Å². The highest BCUT2D eigenvalue weighted by molar-refractivity contribution is 5.88. The lowest BCUT2D eigenvalue weighted by Gasteiger charge is -2.17. The number of hydrogen-bond acceptors (Lipinski definition) is 1. The molecule has 0 aliphatic heterocycles. The van der Waals surface area contributed by atoms with Gasteiger partial charge in [0.05, 0.1) is 0 Å². The summed E-state index contributed by atoms with van der Waals surface area (Å²) in [5, 5.41) is 0. The highest BCUT2D eigenvalue weighted by atomic mass is 14.6. The first-order chi connectivity index (χ1) is 8.34. The van der Waals surface area contributed by atoms with Crippen LogP contribution in [-0.2, 0) is 6.42 Å². The molecule has 0 bridgehead atoms. The molecule has 1 aliphatic rings. The molecule has 0 spiro atoms. The van der Waals surface area contributed by atoms with Crippen LogP contribution in [0.1, 0.15) is 23.1 Å². The van der Waals surface area contributed by atoms with Crippen molar-refractivity contribution in [2.45, 2.75) is 12.8 Å². The first-order valence-electron chi connectivity index (χ1n) is 5.98. The van der Waals surface area contributed by atoms with E-state index < -0.39 is 0 Å². The number of nitrogens with two attached hydrogens (primary N) is 1. The van der Waals surface area contributed by atoms with Gasteiger partial charge in [-0.1, -0.05) is 48.5 Å². The number of hydrogen-bond donors (Lipinski definition) is 1. The van der Waals surface area contributed by atoms with Crippen molar-refractivity contribution in [2.75, 3.05) is 5.73 Å². The first kappa shape index (κ1) is 10.2. The van der Waals surface area contributed by atoms with Crippen LogP contribution in [0.5, 0.6) is 0 Å². The summed E-state index contributed by atoms with van der Waals surface area (Å²) in [6.07, 6.45) is 4.45. The van der Waals surface area contributed by atoms with Crippen LogP contribution < -0.4 is 5.73 Å². The van der Waals surface area contributed by atoms with Gasteiger partial charge in [-0.05, 0) is 35.6 Å². The molecule has 2 N–H and O–H groups in total. The Kier molecular flexibility index (Phi) is 2.45. The summed E-state index contributed by atoms with van der Waals surface area (Å²) in [4.78, 5) is 0. The predicted molar refractivity (Wildman–Crippen MR) is 73.5 cm³/mol. The van der Waals surface area contributed by atoms with E-state index in [-0.39, 0.29) is 0 Å². The minimum atomic E-state index is 0.873. The van der Waals surface area contributed by atoms with Crippen molar-refractivity contribution in [3.8, 4) is 0 Å². The van der Waals surface area contributed by atoms with E-state index in [0.29, 0.717) is 0 Å². The van der Waals surface area contributed by atoms with E-state index in [1.165, 1.54) is 22.3 Å². The summed E-state index contributed by atoms with van der Waals surface area (Å²) in [6, 6.07) is 16.7. The fraction of sp³-hybridized carbons (Fsp3) is 0.125. The molecule has 1 aliphatic carbocycles. The molecule has 0 heterocycles. The van der Waals surface area contributed by atoms with E-state index in [0.717, 1.165) is 18.5 Å². The van der Waals surface area contributed by atoms with Crippen LogP contribution in [0.3, 0.4) is 0 Å². The van der Waals surface area contributed by atoms with Crippen LogP contribution in [-0.4, -0.2) is 0 Å². The summed E-state index contributed by atoms with van der Waals surface area (Å²) >= 11 is 0. The minimum Gasteiger partial charge on any atom is -0.398 e. The van der Waals surface area contributed by atoms with Crippen molar-refractivity contribution in [2.24, 2.45) is 0 Å². The molecule has 0 saturated heterocycles. The maximum Gasteiger partial charge on any atom is 0.0390 e. The third kappa shape index (κ3) is 1.84. The summed E-state index contributed by atoms with van der Waals surface area (Å²) < 4.78 is 0. The smallest absolute Gasteiger partial charge is 0.0390 e. The zero-order valence-corrected chi connectivity index (χ0v) is 9.69. The Labute approximate surface area is 102 Å². The average molecular weight is 221 g/mol. The molecule has 0 aromatic heterocycles. The predicted octanol–water partition coefficient (Wildman–Crippen LogP) is 3.76. The normalized spacial score (nSPS) is 14.0. The van der Waals surface area contributed by atoms with E-state index in [1.807, 2.05) is 18.2 Å². The number of para-hydroxylation sites is 1. The standard InChI is InChI=1S/C16H15N/c17-16-8-4-3-7-15(16)14-10-9-12-5-1-2-6-13(12)11-14/h1-8,11H,9-10,17H2. The lowest BCUT2D eigenvalue weighted by molar-refractivity contribution is 1.00. The molecule has 17 heavy (non-hydrogen) atoms. The van der Waals surface area contributed by atoms with E-state index in [1.54, 1.807) is 0 Å². The quantitative estimate of drug-likeness (QED) is 0.729. The lowest BCUT2D eigenvalue weighted by Crippen LogP contribution is -2.00. The molecule has 0 radical (unpaired) electrons. The molecule has 1 nitrogen and oxygen atoms in total. The van der Waals surface area contributed by atoms with Gasteiger partial charge in [0.15, 0.2) is 0 Å². The van der Waals surface area contributed by atoms with Crippen molar-refractivity contribution < 1.29 is 0 Å². The van der Waals surface area contributed by atoms with Crippen LogP contribution in [0.2, 0.25) is 0 Å². The summed E-state index contributed by atoms with van der Waals surface area (Å²) in [7, 11) is 0. The highest BCUT2D eigenvalue weighted by Gasteiger charge is 2.12. The molecule has 84 valence electrons. The Hall–Kier alpha value is -2.02. The molecule has 2 aromatic rings. The van der Waals surface area contributed by atoms with Gasteiger partial charge in [0.2, 0.25) is 0 Å². The number of fused-ring (bicyclic) bond motifs is 1. The van der Waals surface area contributed by atoms with Gasteiger partial charge >= 0.3 is 0 Å². The SMILES string of the molecule is Nc1ccccc1C1=Cc2ccccc2CC1. The number of benzene rings is 2. The van der Waals surface area contributed by atoms with Gasteiger partial charge in [-0.3, -0.25) is 0 Å². The van der Waals surface area contributed by atoms with Gasteiger partial charge < -0.3 is 5.73 Å². The second kappa shape index (κ2) is 4.10. The van der Waals surface area contributed by atoms with E-state index in [2.05, 4.69) is 36.4 Å². The van der Waals surface area contributed by atoms with Gasteiger partial charge in [0.1, 0.15) is 0 Å². The third-order valence-electron chi connectivity index (χ3n) is 3.36. The van der Waals surface area contributed by atoms with Crippen molar-refractivity contribution in [3.05, 3.63) is 65.2 Å². The van der Waals surface area contributed by atoms with Gasteiger partial charge in [-0.2, -0.15) is 0 Å². The number of aryl methyl sites for hydroxylation is 1. The molecule has 0 saturated carbocycles. The van der Waals surface area contributed by atoms with Crippen molar-refractivity contribution in [1.82, 2.24) is 0 Å². The van der Waals surface area contributed by atoms with Crippen LogP contribution in [0.4, 0.5) is 5.69 Å². The Morgan fingerprint density at radius 2 is 1.59 bits per heavy atom. The Morgan fingerprint density at radius 3 is 2.47 bits per heavy atom. The number of rotatable bonds is 1. The van der Waals surface area contributed by atoms with Crippen LogP contribution in [0.25, 0.3) is 11.6 Å². The summed E-state index contributed by atoms with van der Waals surface area (Å²) in [5.74, 6) is 0. The molecule has 0 atom stereocenters.